The number of likely N-dealkylation sites (N-methyl/N-ethyl adjacent to an activating group) is 1. The van der Waals surface area contributed by atoms with E-state index in [1.165, 1.54) is 5.56 Å². The lowest BCUT2D eigenvalue weighted by Crippen LogP contribution is -2.52. The summed E-state index contributed by atoms with van der Waals surface area (Å²) in [5.74, 6) is 0.100. The van der Waals surface area contributed by atoms with Crippen LogP contribution in [0.4, 0.5) is 0 Å². The van der Waals surface area contributed by atoms with E-state index in [1.807, 2.05) is 0 Å². The molecule has 3 rings (SSSR count). The zero-order valence-electron chi connectivity index (χ0n) is 14.0. The molecule has 2 heterocycles. The summed E-state index contributed by atoms with van der Waals surface area (Å²) in [5, 5.41) is 2.70. The third-order valence-electron chi connectivity index (χ3n) is 5.13. The van der Waals surface area contributed by atoms with E-state index in [4.69, 9.17) is 4.74 Å². The van der Waals surface area contributed by atoms with Crippen molar-refractivity contribution in [3.8, 4) is 0 Å². The van der Waals surface area contributed by atoms with E-state index < -0.39 is 0 Å². The molecule has 2 saturated heterocycles. The predicted octanol–water partition coefficient (Wildman–Crippen LogP) is 0.708. The maximum Gasteiger partial charge on any atom is 0.233 e. The number of piperazine rings is 1. The predicted molar refractivity (Wildman–Crippen MR) is 90.5 cm³/mol. The summed E-state index contributed by atoms with van der Waals surface area (Å²) in [7, 11) is 1.70. The molecule has 1 amide bonds. The van der Waals surface area contributed by atoms with Gasteiger partial charge >= 0.3 is 0 Å². The standard InChI is InChI=1S/C18H27N3O2/c1-19-17(22)13-20-8-10-21(11-9-20)14-18(7-12-23-15-18)16-5-3-2-4-6-16/h2-6H,7-15H2,1H3,(H,19,22)/t18-/m1/s1. The number of rotatable bonds is 5. The number of amides is 1. The number of ether oxygens (including phenoxy) is 1. The van der Waals surface area contributed by atoms with Crippen molar-refractivity contribution in [1.82, 2.24) is 15.1 Å². The second-order valence-corrected chi connectivity index (χ2v) is 6.67. The molecule has 1 aromatic carbocycles. The van der Waals surface area contributed by atoms with Gasteiger partial charge in [-0.3, -0.25) is 14.6 Å². The van der Waals surface area contributed by atoms with Crippen molar-refractivity contribution in [2.45, 2.75) is 11.8 Å². The fraction of sp³-hybridized carbons (Fsp3) is 0.611. The van der Waals surface area contributed by atoms with E-state index in [9.17, 15) is 4.79 Å². The molecule has 0 spiro atoms. The van der Waals surface area contributed by atoms with Crippen LogP contribution in [0.25, 0.3) is 0 Å². The Bertz CT molecular complexity index is 506. The van der Waals surface area contributed by atoms with Crippen LogP contribution in [-0.2, 0) is 14.9 Å². The van der Waals surface area contributed by atoms with E-state index >= 15 is 0 Å². The van der Waals surface area contributed by atoms with Crippen LogP contribution in [0.2, 0.25) is 0 Å². The molecule has 1 aromatic rings. The molecule has 0 bridgehead atoms. The van der Waals surface area contributed by atoms with Crippen molar-refractivity contribution < 1.29 is 9.53 Å². The number of nitrogens with zero attached hydrogens (tertiary/aromatic N) is 2. The molecule has 23 heavy (non-hydrogen) atoms. The normalized spacial score (nSPS) is 26.3. The van der Waals surface area contributed by atoms with Gasteiger partial charge in [0.1, 0.15) is 0 Å². The van der Waals surface area contributed by atoms with Gasteiger partial charge in [-0.25, -0.2) is 0 Å². The van der Waals surface area contributed by atoms with Crippen molar-refractivity contribution in [2.24, 2.45) is 0 Å². The smallest absolute Gasteiger partial charge is 0.233 e. The summed E-state index contributed by atoms with van der Waals surface area (Å²) in [6.07, 6.45) is 1.09. The van der Waals surface area contributed by atoms with Crippen LogP contribution >= 0.6 is 0 Å². The van der Waals surface area contributed by atoms with Gasteiger partial charge in [0.2, 0.25) is 5.91 Å². The first-order valence-electron chi connectivity index (χ1n) is 8.50. The number of carbonyl (C=O) groups excluding carboxylic acids is 1. The number of nitrogens with one attached hydrogen (secondary N) is 1. The summed E-state index contributed by atoms with van der Waals surface area (Å²) < 4.78 is 5.75. The maximum atomic E-state index is 11.5. The van der Waals surface area contributed by atoms with Crippen LogP contribution < -0.4 is 5.32 Å². The van der Waals surface area contributed by atoms with Crippen molar-refractivity contribution in [2.75, 3.05) is 59.5 Å². The van der Waals surface area contributed by atoms with Crippen LogP contribution in [0.1, 0.15) is 12.0 Å². The highest BCUT2D eigenvalue weighted by molar-refractivity contribution is 5.77. The average molecular weight is 317 g/mol. The molecule has 0 saturated carbocycles. The van der Waals surface area contributed by atoms with Crippen LogP contribution in [0.15, 0.2) is 30.3 Å². The first-order valence-corrected chi connectivity index (χ1v) is 8.50. The van der Waals surface area contributed by atoms with Crippen molar-refractivity contribution in [3.05, 3.63) is 35.9 Å². The molecule has 2 aliphatic rings. The molecule has 1 N–H and O–H groups in total. The van der Waals surface area contributed by atoms with Crippen molar-refractivity contribution in [1.29, 1.82) is 0 Å². The molecule has 2 aliphatic heterocycles. The Balaban J connectivity index is 1.59. The lowest BCUT2D eigenvalue weighted by Gasteiger charge is -2.39. The van der Waals surface area contributed by atoms with Crippen LogP contribution in [-0.4, -0.2) is 75.2 Å². The number of hydrogen-bond acceptors (Lipinski definition) is 4. The van der Waals surface area contributed by atoms with Gasteiger partial charge in [0.25, 0.3) is 0 Å². The minimum Gasteiger partial charge on any atom is -0.380 e. The molecule has 126 valence electrons. The maximum absolute atomic E-state index is 11.5. The summed E-state index contributed by atoms with van der Waals surface area (Å²) in [4.78, 5) is 16.3. The summed E-state index contributed by atoms with van der Waals surface area (Å²) in [6.45, 7) is 7.18. The first-order chi connectivity index (χ1) is 11.2. The Morgan fingerprint density at radius 1 is 1.17 bits per heavy atom. The Labute approximate surface area is 138 Å². The fourth-order valence-corrected chi connectivity index (χ4v) is 3.66. The van der Waals surface area contributed by atoms with Crippen LogP contribution in [0.3, 0.4) is 0 Å². The molecule has 0 aromatic heterocycles. The highest BCUT2D eigenvalue weighted by Gasteiger charge is 2.38. The minimum absolute atomic E-state index is 0.100. The summed E-state index contributed by atoms with van der Waals surface area (Å²) >= 11 is 0. The average Bonchev–Trinajstić information content (AvgIpc) is 3.07. The Hall–Kier alpha value is -1.43. The quantitative estimate of drug-likeness (QED) is 0.869. The van der Waals surface area contributed by atoms with E-state index in [0.29, 0.717) is 6.54 Å². The second-order valence-electron chi connectivity index (χ2n) is 6.67. The molecule has 0 unspecified atom stereocenters. The molecular formula is C18H27N3O2. The van der Waals surface area contributed by atoms with Gasteiger partial charge in [-0.2, -0.15) is 0 Å². The Morgan fingerprint density at radius 3 is 2.48 bits per heavy atom. The number of benzene rings is 1. The second kappa shape index (κ2) is 7.43. The Kier molecular flexibility index (Phi) is 5.30. The van der Waals surface area contributed by atoms with Gasteiger partial charge in [0, 0.05) is 51.8 Å². The molecule has 1 atom stereocenters. The highest BCUT2D eigenvalue weighted by Crippen LogP contribution is 2.34. The van der Waals surface area contributed by atoms with Gasteiger partial charge in [-0.15, -0.1) is 0 Å². The molecule has 5 heteroatoms. The highest BCUT2D eigenvalue weighted by atomic mass is 16.5. The molecular weight excluding hydrogens is 290 g/mol. The fourth-order valence-electron chi connectivity index (χ4n) is 3.66. The van der Waals surface area contributed by atoms with E-state index in [-0.39, 0.29) is 11.3 Å². The number of hydrogen-bond donors (Lipinski definition) is 1. The third-order valence-corrected chi connectivity index (χ3v) is 5.13. The zero-order chi connectivity index (χ0) is 16.1. The SMILES string of the molecule is CNC(=O)CN1CCN(C[C@]2(c3ccccc3)CCOC2)CC1. The van der Waals surface area contributed by atoms with Crippen LogP contribution in [0, 0.1) is 0 Å². The summed E-state index contributed by atoms with van der Waals surface area (Å²) in [6, 6.07) is 10.8. The van der Waals surface area contributed by atoms with Crippen molar-refractivity contribution >= 4 is 5.91 Å². The van der Waals surface area contributed by atoms with E-state index in [1.54, 1.807) is 7.05 Å². The molecule has 0 radical (unpaired) electrons. The monoisotopic (exact) mass is 317 g/mol. The lowest BCUT2D eigenvalue weighted by molar-refractivity contribution is -0.122. The van der Waals surface area contributed by atoms with Gasteiger partial charge in [-0.05, 0) is 12.0 Å². The van der Waals surface area contributed by atoms with Crippen LogP contribution in [0.5, 0.6) is 0 Å². The largest absolute Gasteiger partial charge is 0.380 e. The van der Waals surface area contributed by atoms with Gasteiger partial charge < -0.3 is 10.1 Å². The molecule has 5 nitrogen and oxygen atoms in total. The van der Waals surface area contributed by atoms with Crippen molar-refractivity contribution in [3.63, 3.8) is 0 Å². The van der Waals surface area contributed by atoms with Gasteiger partial charge in [0.05, 0.1) is 13.2 Å². The molecule has 0 aliphatic carbocycles. The zero-order valence-corrected chi connectivity index (χ0v) is 14.0. The number of carbonyl (C=O) groups is 1. The topological polar surface area (TPSA) is 44.8 Å². The third kappa shape index (κ3) is 3.91. The van der Waals surface area contributed by atoms with Gasteiger partial charge in [-0.1, -0.05) is 30.3 Å². The lowest BCUT2D eigenvalue weighted by atomic mass is 9.79. The van der Waals surface area contributed by atoms with E-state index in [2.05, 4.69) is 45.4 Å². The Morgan fingerprint density at radius 2 is 1.87 bits per heavy atom. The van der Waals surface area contributed by atoms with E-state index in [0.717, 1.165) is 52.4 Å². The van der Waals surface area contributed by atoms with Gasteiger partial charge in [0.15, 0.2) is 0 Å². The first kappa shape index (κ1) is 16.4. The minimum atomic E-state index is 0.100. The molecule has 2 fully saturated rings. The summed E-state index contributed by atoms with van der Waals surface area (Å²) in [5.41, 5.74) is 1.52.